The number of fused-ring (bicyclic) bond motifs is 1. The number of methoxy groups -OCH3 is 1. The van der Waals surface area contributed by atoms with Crippen LogP contribution in [0.2, 0.25) is 5.02 Å². The molecule has 0 spiro atoms. The number of ether oxygens (including phenoxy) is 1. The highest BCUT2D eigenvalue weighted by atomic mass is 35.5. The average Bonchev–Trinajstić information content (AvgIpc) is 3.11. The Bertz CT molecular complexity index is 1170. The molecular formula is C26H30ClFN2O2S. The Balaban J connectivity index is 1.68. The third-order valence-corrected chi connectivity index (χ3v) is 7.26. The van der Waals surface area contributed by atoms with Gasteiger partial charge in [0.1, 0.15) is 0 Å². The zero-order valence-electron chi connectivity index (χ0n) is 19.5. The number of hydrogen-bond donors (Lipinski definition) is 1. The van der Waals surface area contributed by atoms with Gasteiger partial charge >= 0.3 is 5.97 Å². The molecule has 33 heavy (non-hydrogen) atoms. The lowest BCUT2D eigenvalue weighted by Gasteiger charge is -2.36. The molecule has 2 heterocycles. The zero-order valence-corrected chi connectivity index (χ0v) is 21.1. The van der Waals surface area contributed by atoms with Gasteiger partial charge in [-0.05, 0) is 69.4 Å². The van der Waals surface area contributed by atoms with Crippen LogP contribution in [-0.4, -0.2) is 38.3 Å². The Morgan fingerprint density at radius 2 is 2.06 bits per heavy atom. The number of anilines is 1. The van der Waals surface area contributed by atoms with E-state index in [0.717, 1.165) is 59.6 Å². The number of hydrogen-bond acceptors (Lipinski definition) is 5. The lowest BCUT2D eigenvalue weighted by molar-refractivity contribution is 0.0601. The van der Waals surface area contributed by atoms with Crippen molar-refractivity contribution in [3.8, 4) is 11.1 Å². The molecule has 2 aromatic carbocycles. The summed E-state index contributed by atoms with van der Waals surface area (Å²) < 4.78 is 20.9. The van der Waals surface area contributed by atoms with Crippen LogP contribution in [0.5, 0.6) is 0 Å². The van der Waals surface area contributed by atoms with Crippen LogP contribution >= 0.6 is 22.9 Å². The minimum atomic E-state index is -0.412. The van der Waals surface area contributed by atoms with Gasteiger partial charge in [0, 0.05) is 45.8 Å². The monoisotopic (exact) mass is 488 g/mol. The van der Waals surface area contributed by atoms with Crippen molar-refractivity contribution in [2.75, 3.05) is 31.6 Å². The molecule has 7 heteroatoms. The van der Waals surface area contributed by atoms with Crippen LogP contribution in [0.15, 0.2) is 36.4 Å². The molecule has 0 saturated carbocycles. The maximum Gasteiger partial charge on any atom is 0.339 e. The van der Waals surface area contributed by atoms with Gasteiger partial charge in [0.2, 0.25) is 0 Å². The van der Waals surface area contributed by atoms with Crippen LogP contribution in [0, 0.1) is 11.0 Å². The molecule has 0 unspecified atom stereocenters. The van der Waals surface area contributed by atoms with E-state index in [1.165, 1.54) is 7.11 Å². The highest BCUT2D eigenvalue weighted by Crippen LogP contribution is 2.40. The summed E-state index contributed by atoms with van der Waals surface area (Å²) in [6, 6.07) is 10.9. The number of carbonyl (C=O) groups excluding carboxylic acids is 1. The van der Waals surface area contributed by atoms with Crippen LogP contribution in [0.1, 0.15) is 44.0 Å². The number of nitrogens with one attached hydrogen (secondary N) is 1. The standard InChI is InChI=1S/C26H30ClFN2O2S/c1-26(2,3)29-14-16-6-5-11-30(15-16)21-10-7-17(12-20(21)25(31)32-4)23-19-9-8-18(27)13-22(19)33-24(23)28/h7-10,12-13,16,29H,5-6,11,14-15H2,1-4H3/t16-/m1/s1. The van der Waals surface area contributed by atoms with E-state index in [1.54, 1.807) is 18.2 Å². The van der Waals surface area contributed by atoms with E-state index < -0.39 is 5.97 Å². The first kappa shape index (κ1) is 24.0. The van der Waals surface area contributed by atoms with Crippen LogP contribution in [-0.2, 0) is 4.74 Å². The number of carbonyl (C=O) groups is 1. The predicted octanol–water partition coefficient (Wildman–Crippen LogP) is 6.75. The molecule has 1 aromatic heterocycles. The molecule has 1 saturated heterocycles. The molecule has 0 bridgehead atoms. The second-order valence-corrected chi connectivity index (χ2v) is 11.1. The van der Waals surface area contributed by atoms with E-state index >= 15 is 0 Å². The Kier molecular flexibility index (Phi) is 6.99. The summed E-state index contributed by atoms with van der Waals surface area (Å²) >= 11 is 7.15. The number of esters is 1. The van der Waals surface area contributed by atoms with Crippen LogP contribution in [0.4, 0.5) is 10.1 Å². The Hall–Kier alpha value is -2.15. The van der Waals surface area contributed by atoms with Crippen molar-refractivity contribution < 1.29 is 13.9 Å². The van der Waals surface area contributed by atoms with Crippen molar-refractivity contribution in [2.45, 2.75) is 39.2 Å². The maximum absolute atomic E-state index is 15.0. The minimum Gasteiger partial charge on any atom is -0.465 e. The number of rotatable bonds is 5. The smallest absolute Gasteiger partial charge is 0.339 e. The molecule has 4 rings (SSSR count). The Morgan fingerprint density at radius 1 is 1.27 bits per heavy atom. The summed E-state index contributed by atoms with van der Waals surface area (Å²) in [5, 5.41) is 4.67. The fourth-order valence-electron chi connectivity index (χ4n) is 4.45. The average molecular weight is 489 g/mol. The molecule has 0 aliphatic carbocycles. The molecule has 1 fully saturated rings. The molecule has 4 nitrogen and oxygen atoms in total. The molecular weight excluding hydrogens is 459 g/mol. The summed E-state index contributed by atoms with van der Waals surface area (Å²) in [6.45, 7) is 9.18. The first-order valence-corrected chi connectivity index (χ1v) is 12.5. The molecule has 1 atom stereocenters. The van der Waals surface area contributed by atoms with E-state index in [4.69, 9.17) is 16.3 Å². The fraction of sp³-hybridized carbons (Fsp3) is 0.423. The van der Waals surface area contributed by atoms with Crippen LogP contribution in [0.3, 0.4) is 0 Å². The van der Waals surface area contributed by atoms with Gasteiger partial charge in [-0.2, -0.15) is 4.39 Å². The van der Waals surface area contributed by atoms with Crippen molar-refractivity contribution >= 4 is 44.7 Å². The highest BCUT2D eigenvalue weighted by molar-refractivity contribution is 7.18. The largest absolute Gasteiger partial charge is 0.465 e. The van der Waals surface area contributed by atoms with Gasteiger partial charge in [-0.15, -0.1) is 11.3 Å². The minimum absolute atomic E-state index is 0.0682. The number of piperidine rings is 1. The molecule has 0 radical (unpaired) electrons. The summed E-state index contributed by atoms with van der Waals surface area (Å²) in [5.74, 6) is 0.0796. The topological polar surface area (TPSA) is 41.6 Å². The van der Waals surface area contributed by atoms with Crippen molar-refractivity contribution in [3.05, 3.63) is 52.1 Å². The second-order valence-electron chi connectivity index (χ2n) is 9.70. The Labute approximate surface area is 203 Å². The summed E-state index contributed by atoms with van der Waals surface area (Å²) in [5.41, 5.74) is 2.53. The van der Waals surface area contributed by atoms with Gasteiger partial charge in [0.25, 0.3) is 0 Å². The molecule has 1 N–H and O–H groups in total. The fourth-order valence-corrected chi connectivity index (χ4v) is 5.68. The third kappa shape index (κ3) is 5.34. The number of halogens is 2. The van der Waals surface area contributed by atoms with E-state index in [1.807, 2.05) is 18.2 Å². The highest BCUT2D eigenvalue weighted by Gasteiger charge is 2.26. The normalized spacial score (nSPS) is 16.9. The molecule has 1 aliphatic rings. The van der Waals surface area contributed by atoms with Gasteiger partial charge < -0.3 is 15.0 Å². The van der Waals surface area contributed by atoms with E-state index in [-0.39, 0.29) is 10.7 Å². The van der Waals surface area contributed by atoms with Gasteiger partial charge in [-0.25, -0.2) is 4.79 Å². The molecule has 0 amide bonds. The summed E-state index contributed by atoms with van der Waals surface area (Å²) in [6.07, 6.45) is 2.21. The van der Waals surface area contributed by atoms with E-state index in [9.17, 15) is 9.18 Å². The maximum atomic E-state index is 15.0. The number of nitrogens with zero attached hydrogens (tertiary/aromatic N) is 1. The van der Waals surface area contributed by atoms with Gasteiger partial charge in [0.15, 0.2) is 5.13 Å². The van der Waals surface area contributed by atoms with Crippen LogP contribution < -0.4 is 10.2 Å². The lowest BCUT2D eigenvalue weighted by atomic mass is 9.94. The van der Waals surface area contributed by atoms with Crippen LogP contribution in [0.25, 0.3) is 21.2 Å². The first-order valence-electron chi connectivity index (χ1n) is 11.3. The molecule has 176 valence electrons. The molecule has 1 aliphatic heterocycles. The van der Waals surface area contributed by atoms with Gasteiger partial charge in [-0.3, -0.25) is 0 Å². The van der Waals surface area contributed by atoms with E-state index in [2.05, 4.69) is 31.0 Å². The summed E-state index contributed by atoms with van der Waals surface area (Å²) in [7, 11) is 1.38. The quantitative estimate of drug-likeness (QED) is 0.403. The summed E-state index contributed by atoms with van der Waals surface area (Å²) in [4.78, 5) is 15.0. The van der Waals surface area contributed by atoms with Crippen molar-refractivity contribution in [3.63, 3.8) is 0 Å². The lowest BCUT2D eigenvalue weighted by Crippen LogP contribution is -2.45. The first-order chi connectivity index (χ1) is 15.7. The predicted molar refractivity (Wildman–Crippen MR) is 136 cm³/mol. The zero-order chi connectivity index (χ0) is 23.8. The Morgan fingerprint density at radius 3 is 2.79 bits per heavy atom. The number of thiophene rings is 1. The SMILES string of the molecule is COC(=O)c1cc(-c2c(F)sc3cc(Cl)ccc23)ccc1N1CCC[C@H](CNC(C)(C)C)C1. The third-order valence-electron chi connectivity index (χ3n) is 6.08. The van der Waals surface area contributed by atoms with Gasteiger partial charge in [-0.1, -0.05) is 23.7 Å². The van der Waals surface area contributed by atoms with Crippen molar-refractivity contribution in [2.24, 2.45) is 5.92 Å². The van der Waals surface area contributed by atoms with Crippen molar-refractivity contribution in [1.82, 2.24) is 5.32 Å². The van der Waals surface area contributed by atoms with E-state index in [0.29, 0.717) is 27.6 Å². The second kappa shape index (κ2) is 9.61. The van der Waals surface area contributed by atoms with Crippen molar-refractivity contribution in [1.29, 1.82) is 0 Å². The number of benzene rings is 2. The van der Waals surface area contributed by atoms with Gasteiger partial charge in [0.05, 0.1) is 18.4 Å². The molecule has 3 aromatic rings.